The third kappa shape index (κ3) is 13.1. The molecule has 0 heterocycles. The van der Waals surface area contributed by atoms with E-state index in [0.29, 0.717) is 6.42 Å². The Labute approximate surface area is 148 Å². The maximum Gasteiger partial charge on any atom is 0.326 e. The number of thiol groups is 2. The SMILES string of the molecule is O=C(O)C[C@H](NC(=O)CCCCC(S)CCS)C(=O)O.[Zn]. The van der Waals surface area contributed by atoms with E-state index >= 15 is 0 Å². The molecule has 9 heteroatoms. The largest absolute Gasteiger partial charge is 0.481 e. The molecule has 0 saturated heterocycles. The number of carbonyl (C=O) groups is 3. The zero-order valence-electron chi connectivity index (χ0n) is 11.8. The third-order valence-electron chi connectivity index (χ3n) is 2.67. The molecule has 0 radical (unpaired) electrons. The predicted octanol–water partition coefficient (Wildman–Crippen LogP) is 1.21. The van der Waals surface area contributed by atoms with Gasteiger partial charge in [0.05, 0.1) is 6.42 Å². The second-order valence-corrected chi connectivity index (χ2v) is 5.65. The van der Waals surface area contributed by atoms with Crippen LogP contribution in [0, 0.1) is 0 Å². The molecule has 1 amide bonds. The molecule has 0 spiro atoms. The zero-order valence-corrected chi connectivity index (χ0v) is 16.6. The van der Waals surface area contributed by atoms with Crippen molar-refractivity contribution in [2.24, 2.45) is 0 Å². The molecule has 0 aliphatic carbocycles. The van der Waals surface area contributed by atoms with Gasteiger partial charge in [0.25, 0.3) is 0 Å². The normalized spacial score (nSPS) is 12.9. The minimum Gasteiger partial charge on any atom is -0.481 e. The molecule has 0 saturated carbocycles. The van der Waals surface area contributed by atoms with Crippen molar-refractivity contribution in [3.63, 3.8) is 0 Å². The Hall–Kier alpha value is -0.267. The molecular formula is C12H21NO5S2Zn. The van der Waals surface area contributed by atoms with Crippen LogP contribution in [0.4, 0.5) is 0 Å². The van der Waals surface area contributed by atoms with E-state index in [4.69, 9.17) is 10.2 Å². The Morgan fingerprint density at radius 3 is 2.19 bits per heavy atom. The van der Waals surface area contributed by atoms with Gasteiger partial charge in [-0.15, -0.1) is 0 Å². The van der Waals surface area contributed by atoms with Crippen LogP contribution in [0.1, 0.15) is 38.5 Å². The Morgan fingerprint density at radius 1 is 1.10 bits per heavy atom. The fraction of sp³-hybridized carbons (Fsp3) is 0.750. The van der Waals surface area contributed by atoms with E-state index in [9.17, 15) is 14.4 Å². The van der Waals surface area contributed by atoms with E-state index in [2.05, 4.69) is 30.6 Å². The second kappa shape index (κ2) is 13.4. The molecule has 118 valence electrons. The summed E-state index contributed by atoms with van der Waals surface area (Å²) in [4.78, 5) is 32.7. The van der Waals surface area contributed by atoms with Gasteiger partial charge in [0.15, 0.2) is 0 Å². The summed E-state index contributed by atoms with van der Waals surface area (Å²) >= 11 is 8.47. The van der Waals surface area contributed by atoms with Crippen molar-refractivity contribution in [2.75, 3.05) is 5.75 Å². The Morgan fingerprint density at radius 2 is 1.71 bits per heavy atom. The van der Waals surface area contributed by atoms with Gasteiger partial charge in [0.1, 0.15) is 6.04 Å². The number of carbonyl (C=O) groups excluding carboxylic acids is 1. The van der Waals surface area contributed by atoms with E-state index in [1.54, 1.807) is 0 Å². The molecule has 6 nitrogen and oxygen atoms in total. The van der Waals surface area contributed by atoms with Crippen molar-refractivity contribution in [3.8, 4) is 0 Å². The Bertz CT molecular complexity index is 344. The van der Waals surface area contributed by atoms with Gasteiger partial charge in [-0.3, -0.25) is 9.59 Å². The number of carboxylic acids is 2. The van der Waals surface area contributed by atoms with Crippen LogP contribution in [0.2, 0.25) is 0 Å². The van der Waals surface area contributed by atoms with Crippen LogP contribution in [-0.4, -0.2) is 45.1 Å². The average Bonchev–Trinajstić information content (AvgIpc) is 2.33. The molecule has 0 aromatic rings. The van der Waals surface area contributed by atoms with Crippen LogP contribution in [0.25, 0.3) is 0 Å². The Balaban J connectivity index is 0. The third-order valence-corrected chi connectivity index (χ3v) is 3.44. The van der Waals surface area contributed by atoms with Gasteiger partial charge < -0.3 is 15.5 Å². The van der Waals surface area contributed by atoms with Gasteiger partial charge >= 0.3 is 11.9 Å². The number of hydrogen-bond acceptors (Lipinski definition) is 5. The number of amides is 1. The maximum absolute atomic E-state index is 11.5. The molecule has 0 aliphatic heterocycles. The van der Waals surface area contributed by atoms with Crippen molar-refractivity contribution >= 4 is 43.1 Å². The van der Waals surface area contributed by atoms with Crippen LogP contribution in [0.5, 0.6) is 0 Å². The molecule has 0 aliphatic rings. The van der Waals surface area contributed by atoms with Gasteiger partial charge in [0, 0.05) is 31.1 Å². The quantitative estimate of drug-likeness (QED) is 0.208. The summed E-state index contributed by atoms with van der Waals surface area (Å²) in [5.74, 6) is -2.28. The van der Waals surface area contributed by atoms with Crippen LogP contribution in [0.3, 0.4) is 0 Å². The predicted molar refractivity (Wildman–Crippen MR) is 81.5 cm³/mol. The summed E-state index contributed by atoms with van der Waals surface area (Å²) in [5, 5.41) is 19.8. The molecule has 21 heavy (non-hydrogen) atoms. The number of nitrogens with one attached hydrogen (secondary N) is 1. The first-order chi connectivity index (χ1) is 9.36. The average molecular weight is 389 g/mol. The molecule has 0 aromatic carbocycles. The van der Waals surface area contributed by atoms with Crippen LogP contribution < -0.4 is 5.32 Å². The first kappa shape index (κ1) is 23.0. The molecule has 1 unspecified atom stereocenters. The minimum absolute atomic E-state index is 0. The van der Waals surface area contributed by atoms with E-state index in [-0.39, 0.29) is 31.1 Å². The first-order valence-corrected chi connectivity index (χ1v) is 7.54. The fourth-order valence-corrected chi connectivity index (χ4v) is 2.43. The second-order valence-electron chi connectivity index (χ2n) is 4.47. The van der Waals surface area contributed by atoms with Crippen molar-refractivity contribution in [1.29, 1.82) is 0 Å². The molecular weight excluding hydrogens is 368 g/mol. The van der Waals surface area contributed by atoms with Crippen molar-refractivity contribution in [2.45, 2.75) is 49.8 Å². The number of hydrogen-bond donors (Lipinski definition) is 5. The molecule has 3 N–H and O–H groups in total. The molecule has 0 rings (SSSR count). The fourth-order valence-electron chi connectivity index (χ4n) is 1.60. The summed E-state index contributed by atoms with van der Waals surface area (Å²) in [7, 11) is 0. The molecule has 2 atom stereocenters. The maximum atomic E-state index is 11.5. The summed E-state index contributed by atoms with van der Waals surface area (Å²) in [6.07, 6.45) is 2.76. The summed E-state index contributed by atoms with van der Waals surface area (Å²) < 4.78 is 0. The number of rotatable bonds is 11. The Kier molecular flexibility index (Phi) is 14.7. The molecule has 0 bridgehead atoms. The van der Waals surface area contributed by atoms with E-state index in [1.807, 2.05) is 0 Å². The van der Waals surface area contributed by atoms with Crippen LogP contribution in [0.15, 0.2) is 0 Å². The van der Waals surface area contributed by atoms with Gasteiger partial charge in [-0.25, -0.2) is 4.79 Å². The van der Waals surface area contributed by atoms with Gasteiger partial charge in [-0.05, 0) is 25.0 Å². The smallest absolute Gasteiger partial charge is 0.326 e. The van der Waals surface area contributed by atoms with Crippen LogP contribution >= 0.6 is 25.3 Å². The minimum atomic E-state index is -1.37. The van der Waals surface area contributed by atoms with Crippen LogP contribution in [-0.2, 0) is 33.9 Å². The van der Waals surface area contributed by atoms with Gasteiger partial charge in [-0.2, -0.15) is 25.3 Å². The van der Waals surface area contributed by atoms with E-state index in [1.165, 1.54) is 0 Å². The van der Waals surface area contributed by atoms with Gasteiger partial charge in [0.2, 0.25) is 5.91 Å². The van der Waals surface area contributed by atoms with E-state index < -0.39 is 30.3 Å². The standard InChI is InChI=1S/C12H21NO5S2.Zn/c14-10(4-2-1-3-8(20)5-6-19)13-9(12(17)18)7-11(15)16;/h8-9,19-20H,1-7H2,(H,13,14)(H,15,16)(H,17,18);/t8?,9-;/m0./s1. The monoisotopic (exact) mass is 387 g/mol. The summed E-state index contributed by atoms with van der Waals surface area (Å²) in [5.41, 5.74) is 0. The summed E-state index contributed by atoms with van der Waals surface area (Å²) in [6.45, 7) is 0. The molecule has 0 fully saturated rings. The van der Waals surface area contributed by atoms with E-state index in [0.717, 1.165) is 25.0 Å². The number of aliphatic carboxylic acids is 2. The van der Waals surface area contributed by atoms with Gasteiger partial charge in [-0.1, -0.05) is 6.42 Å². The van der Waals surface area contributed by atoms with Crippen molar-refractivity contribution in [3.05, 3.63) is 0 Å². The molecule has 0 aromatic heterocycles. The van der Waals surface area contributed by atoms with Crippen molar-refractivity contribution < 1.29 is 44.1 Å². The first-order valence-electron chi connectivity index (χ1n) is 6.39. The topological polar surface area (TPSA) is 104 Å². The van der Waals surface area contributed by atoms with Crippen molar-refractivity contribution in [1.82, 2.24) is 5.32 Å². The number of carboxylic acid groups (broad SMARTS) is 2. The zero-order chi connectivity index (χ0) is 15.5. The summed E-state index contributed by atoms with van der Waals surface area (Å²) in [6, 6.07) is -1.37. The number of unbranched alkanes of at least 4 members (excludes halogenated alkanes) is 1.